The maximum atomic E-state index is 6.06. The van der Waals surface area contributed by atoms with Gasteiger partial charge in [0.25, 0.3) is 0 Å². The summed E-state index contributed by atoms with van der Waals surface area (Å²) < 4.78 is 6.06. The predicted octanol–water partition coefficient (Wildman–Crippen LogP) is 12.6. The Bertz CT molecular complexity index is 2470. The molecule has 2 aromatic heterocycles. The number of para-hydroxylation sites is 2. The molecule has 3 aliphatic heterocycles. The van der Waals surface area contributed by atoms with Gasteiger partial charge in [-0.25, -0.2) is 6.07 Å². The normalized spacial score (nSPS) is 14.2. The van der Waals surface area contributed by atoms with Gasteiger partial charge in [0.15, 0.2) is 0 Å². The van der Waals surface area contributed by atoms with Gasteiger partial charge in [0, 0.05) is 64.0 Å². The molecule has 0 bridgehead atoms. The van der Waals surface area contributed by atoms with Gasteiger partial charge in [0.2, 0.25) is 0 Å². The first-order chi connectivity index (χ1) is 31.3. The van der Waals surface area contributed by atoms with E-state index in [2.05, 4.69) is 224 Å². The van der Waals surface area contributed by atoms with Crippen molar-refractivity contribution in [1.29, 1.82) is 0 Å². The summed E-state index contributed by atoms with van der Waals surface area (Å²) >= 11 is 0. The SMILES string of the molecule is CC(C)(C)c1c[c-]c(N2C=CN(CCCCN3C=CN(c4[c-]cc(C(C)(C)C)cc4)[CH-]3)[CH-]2)cc1.CC(C)N1[CH-]N(c2[c-]c(Oc3[c-]c(-c4[c-]cccn4)ncc3)ccc2)c2ccccc21.[Ir].[Pt]. The van der Waals surface area contributed by atoms with Crippen LogP contribution in [-0.2, 0) is 52.0 Å². The van der Waals surface area contributed by atoms with E-state index in [1.807, 2.05) is 30.3 Å². The molecule has 0 fully saturated rings. The van der Waals surface area contributed by atoms with Gasteiger partial charge in [-0.05, 0) is 95.1 Å². The zero-order valence-corrected chi connectivity index (χ0v) is 44.1. The molecule has 6 aromatic rings. The topological polar surface area (TPSA) is 54.5 Å². The van der Waals surface area contributed by atoms with E-state index in [0.717, 1.165) is 48.7 Å². The van der Waals surface area contributed by atoms with Gasteiger partial charge in [0.05, 0.1) is 0 Å². The first-order valence-electron chi connectivity index (χ1n) is 22.4. The fraction of sp³-hybridized carbons (Fsp3) is 0.268. The second-order valence-corrected chi connectivity index (χ2v) is 18.6. The molecule has 0 aliphatic carbocycles. The van der Waals surface area contributed by atoms with Gasteiger partial charge >= 0.3 is 0 Å². The molecule has 0 amide bonds. The van der Waals surface area contributed by atoms with Crippen molar-refractivity contribution in [2.24, 2.45) is 0 Å². The van der Waals surface area contributed by atoms with Crippen LogP contribution in [0.4, 0.5) is 28.4 Å². The van der Waals surface area contributed by atoms with E-state index in [9.17, 15) is 0 Å². The predicted molar refractivity (Wildman–Crippen MR) is 263 cm³/mol. The summed E-state index contributed by atoms with van der Waals surface area (Å²) in [7, 11) is 0. The number of hydrogen-bond acceptors (Lipinski definition) is 9. The molecular weight excluding hydrogens is 1190 g/mol. The second-order valence-electron chi connectivity index (χ2n) is 18.6. The van der Waals surface area contributed by atoms with Crippen molar-refractivity contribution in [2.45, 2.75) is 85.1 Å². The molecule has 3 aliphatic rings. The van der Waals surface area contributed by atoms with Crippen LogP contribution < -0.4 is 24.3 Å². The molecule has 67 heavy (non-hydrogen) atoms. The summed E-state index contributed by atoms with van der Waals surface area (Å²) in [5.74, 6) is 1.15. The zero-order valence-electron chi connectivity index (χ0n) is 39.5. The van der Waals surface area contributed by atoms with Gasteiger partial charge in [-0.2, -0.15) is 85.7 Å². The number of rotatable bonds is 12. The minimum absolute atomic E-state index is 0. The van der Waals surface area contributed by atoms with Gasteiger partial charge in [-0.1, -0.05) is 64.5 Å². The minimum Gasteiger partial charge on any atom is -0.510 e. The van der Waals surface area contributed by atoms with Crippen LogP contribution in [-0.4, -0.2) is 38.9 Å². The summed E-state index contributed by atoms with van der Waals surface area (Å²) in [6, 6.07) is 49.3. The Morgan fingerprint density at radius 3 is 1.70 bits per heavy atom. The third kappa shape index (κ3) is 13.0. The van der Waals surface area contributed by atoms with Crippen LogP contribution in [0.2, 0.25) is 0 Å². The molecule has 9 rings (SSSR count). The number of pyridine rings is 2. The minimum atomic E-state index is 0. The standard InChI is InChI=1S/C30H38N4.C26H20N4O.Ir.Pt/c1-29(2,3)25-9-13-27(14-10-25)33-21-19-31(23-33)17-7-8-18-32-20-22-34(24-32)28-15-11-26(12-16-28)30(4,5)6;1-19(2)29-18-30(26-12-4-3-11-25(26)29)20-8-7-9-21(16-20)31-22-13-15-28-24(17-22)23-10-5-6-14-27-23;;/h9-13,15,19-24H,7-8,17-18H2,1-6H3;3-9,11-15,18-19H,1-2H3;;/q2*-4;;. The summed E-state index contributed by atoms with van der Waals surface area (Å²) in [5, 5.41) is 0. The molecular formula is C56H58IrN8OPt-8. The fourth-order valence-electron chi connectivity index (χ4n) is 7.51. The molecule has 4 aromatic carbocycles. The number of unbranched alkanes of at least 4 members (excludes halogenated alkanes) is 1. The maximum absolute atomic E-state index is 6.06. The summed E-state index contributed by atoms with van der Waals surface area (Å²) in [5.41, 5.74) is 9.49. The Balaban J connectivity index is 0.000000215. The van der Waals surface area contributed by atoms with Gasteiger partial charge in [0.1, 0.15) is 0 Å². The molecule has 0 N–H and O–H groups in total. The Hall–Kier alpha value is -5.40. The zero-order chi connectivity index (χ0) is 45.6. The monoisotopic (exact) mass is 1250 g/mol. The van der Waals surface area contributed by atoms with E-state index in [0.29, 0.717) is 28.9 Å². The molecule has 0 spiro atoms. The summed E-state index contributed by atoms with van der Waals surface area (Å²) in [6.45, 7) is 26.2. The van der Waals surface area contributed by atoms with Crippen molar-refractivity contribution in [1.82, 2.24) is 19.8 Å². The number of hydrogen-bond donors (Lipinski definition) is 0. The first kappa shape index (κ1) is 51.0. The van der Waals surface area contributed by atoms with Crippen LogP contribution in [0, 0.1) is 50.3 Å². The number of fused-ring (bicyclic) bond motifs is 1. The first-order valence-corrected chi connectivity index (χ1v) is 22.4. The summed E-state index contributed by atoms with van der Waals surface area (Å²) in [4.78, 5) is 21.8. The van der Waals surface area contributed by atoms with Crippen LogP contribution in [0.25, 0.3) is 11.4 Å². The molecule has 0 saturated heterocycles. The van der Waals surface area contributed by atoms with Gasteiger partial charge in [-0.3, -0.25) is 0 Å². The molecule has 355 valence electrons. The quantitative estimate of drug-likeness (QED) is 0.0881. The number of nitrogens with zero attached hydrogens (tertiary/aromatic N) is 8. The van der Waals surface area contributed by atoms with Crippen molar-refractivity contribution in [3.63, 3.8) is 0 Å². The van der Waals surface area contributed by atoms with Crippen molar-refractivity contribution in [2.75, 3.05) is 32.7 Å². The van der Waals surface area contributed by atoms with Crippen LogP contribution >= 0.6 is 0 Å². The molecule has 0 saturated carbocycles. The number of ether oxygens (including phenoxy) is 1. The fourth-order valence-corrected chi connectivity index (χ4v) is 7.51. The van der Waals surface area contributed by atoms with E-state index in [1.165, 1.54) is 16.8 Å². The van der Waals surface area contributed by atoms with Gasteiger partial charge in [-0.15, -0.1) is 70.9 Å². The Labute approximate surface area is 427 Å². The van der Waals surface area contributed by atoms with E-state index >= 15 is 0 Å². The smallest absolute Gasteiger partial charge is 0.0326 e. The third-order valence-electron chi connectivity index (χ3n) is 11.3. The van der Waals surface area contributed by atoms with E-state index in [4.69, 9.17) is 4.74 Å². The summed E-state index contributed by atoms with van der Waals surface area (Å²) in [6.07, 6.45) is 14.2. The molecule has 5 heterocycles. The molecule has 9 nitrogen and oxygen atoms in total. The molecule has 1 radical (unpaired) electrons. The average molecular weight is 1250 g/mol. The van der Waals surface area contributed by atoms with E-state index in [-0.39, 0.29) is 52.0 Å². The van der Waals surface area contributed by atoms with Crippen LogP contribution in [0.15, 0.2) is 134 Å². The van der Waals surface area contributed by atoms with Crippen molar-refractivity contribution in [3.8, 4) is 22.9 Å². The maximum Gasteiger partial charge on any atom is 0.0326 e. The number of anilines is 5. The molecule has 11 heteroatoms. The number of benzene rings is 4. The van der Waals surface area contributed by atoms with Crippen LogP contribution in [0.1, 0.15) is 79.4 Å². The molecule has 0 unspecified atom stereocenters. The van der Waals surface area contributed by atoms with E-state index in [1.54, 1.807) is 24.5 Å². The van der Waals surface area contributed by atoms with Crippen LogP contribution in [0.5, 0.6) is 11.5 Å². The van der Waals surface area contributed by atoms with E-state index < -0.39 is 0 Å². The van der Waals surface area contributed by atoms with Crippen LogP contribution in [0.3, 0.4) is 0 Å². The largest absolute Gasteiger partial charge is 0.510 e. The van der Waals surface area contributed by atoms with Gasteiger partial charge < -0.3 is 44.1 Å². The second kappa shape index (κ2) is 22.6. The van der Waals surface area contributed by atoms with Crippen molar-refractivity contribution >= 4 is 28.4 Å². The molecule has 0 atom stereocenters. The van der Waals surface area contributed by atoms with Crippen molar-refractivity contribution < 1.29 is 45.9 Å². The third-order valence-corrected chi connectivity index (χ3v) is 11.3. The average Bonchev–Trinajstić information content (AvgIpc) is 4.08. The number of aromatic nitrogens is 2. The Morgan fingerprint density at radius 2 is 1.16 bits per heavy atom. The van der Waals surface area contributed by atoms with Crippen molar-refractivity contribution in [3.05, 3.63) is 196 Å². The Morgan fingerprint density at radius 1 is 0.582 bits per heavy atom. The Kier molecular flexibility index (Phi) is 17.2.